The Kier molecular flexibility index (Phi) is 2.62. The summed E-state index contributed by atoms with van der Waals surface area (Å²) in [6.45, 7) is 3.47. The summed E-state index contributed by atoms with van der Waals surface area (Å²) in [6.07, 6.45) is -0.654. The molecule has 1 heterocycles. The van der Waals surface area contributed by atoms with Crippen molar-refractivity contribution in [2.45, 2.75) is 24.5 Å². The average molecular weight is 159 g/mol. The van der Waals surface area contributed by atoms with Crippen molar-refractivity contribution in [3.05, 3.63) is 12.7 Å². The standard InChI is InChI=1S/C7H13NO3/c1-3-4-6(9)5(8-2)7(10)11-4/h3-10H,1H2,2H3. The molecule has 0 radical (unpaired) electrons. The van der Waals surface area contributed by atoms with Crippen molar-refractivity contribution in [2.24, 2.45) is 0 Å². The maximum atomic E-state index is 9.40. The first-order valence-corrected chi connectivity index (χ1v) is 3.52. The highest BCUT2D eigenvalue weighted by molar-refractivity contribution is 4.98. The van der Waals surface area contributed by atoms with E-state index in [0.717, 1.165) is 0 Å². The van der Waals surface area contributed by atoms with E-state index in [0.29, 0.717) is 0 Å². The molecular formula is C7H13NO3. The summed E-state index contributed by atoms with van der Waals surface area (Å²) in [5.74, 6) is 0. The molecule has 4 nitrogen and oxygen atoms in total. The molecule has 11 heavy (non-hydrogen) atoms. The second-order valence-corrected chi connectivity index (χ2v) is 2.53. The van der Waals surface area contributed by atoms with Gasteiger partial charge in [-0.25, -0.2) is 0 Å². The second kappa shape index (κ2) is 3.32. The van der Waals surface area contributed by atoms with Gasteiger partial charge in [-0.15, -0.1) is 6.58 Å². The number of hydrogen-bond acceptors (Lipinski definition) is 4. The van der Waals surface area contributed by atoms with Gasteiger partial charge in [0.2, 0.25) is 0 Å². The van der Waals surface area contributed by atoms with Crippen LogP contribution in [-0.2, 0) is 4.74 Å². The van der Waals surface area contributed by atoms with Crippen molar-refractivity contribution in [3.8, 4) is 0 Å². The average Bonchev–Trinajstić information content (AvgIpc) is 2.26. The molecule has 64 valence electrons. The monoisotopic (exact) mass is 159 g/mol. The van der Waals surface area contributed by atoms with Gasteiger partial charge in [0.05, 0.1) is 6.04 Å². The summed E-state index contributed by atoms with van der Waals surface area (Å²) in [5.41, 5.74) is 0. The van der Waals surface area contributed by atoms with Gasteiger partial charge in [0, 0.05) is 0 Å². The van der Waals surface area contributed by atoms with Crippen LogP contribution < -0.4 is 5.32 Å². The number of nitrogens with one attached hydrogen (secondary N) is 1. The van der Waals surface area contributed by atoms with Crippen LogP contribution in [0.5, 0.6) is 0 Å². The SMILES string of the molecule is C=CC1OC(O)C(NC)C1O. The molecule has 1 aliphatic heterocycles. The van der Waals surface area contributed by atoms with Crippen LogP contribution in [0.2, 0.25) is 0 Å². The molecule has 1 rings (SSSR count). The van der Waals surface area contributed by atoms with Gasteiger partial charge in [0.15, 0.2) is 6.29 Å². The van der Waals surface area contributed by atoms with E-state index in [1.54, 1.807) is 7.05 Å². The minimum absolute atomic E-state index is 0.419. The third-order valence-electron chi connectivity index (χ3n) is 1.87. The van der Waals surface area contributed by atoms with E-state index in [9.17, 15) is 5.11 Å². The number of rotatable bonds is 2. The van der Waals surface area contributed by atoms with Crippen LogP contribution in [0.4, 0.5) is 0 Å². The molecule has 0 aromatic carbocycles. The lowest BCUT2D eigenvalue weighted by Gasteiger charge is -2.14. The van der Waals surface area contributed by atoms with E-state index in [4.69, 9.17) is 9.84 Å². The fourth-order valence-corrected chi connectivity index (χ4v) is 1.21. The van der Waals surface area contributed by atoms with Crippen LogP contribution in [0.1, 0.15) is 0 Å². The van der Waals surface area contributed by atoms with E-state index in [-0.39, 0.29) is 0 Å². The summed E-state index contributed by atoms with van der Waals surface area (Å²) >= 11 is 0. The van der Waals surface area contributed by atoms with E-state index < -0.39 is 24.5 Å². The third-order valence-corrected chi connectivity index (χ3v) is 1.87. The predicted octanol–water partition coefficient (Wildman–Crippen LogP) is -1.16. The Morgan fingerprint density at radius 1 is 1.55 bits per heavy atom. The Morgan fingerprint density at radius 2 is 2.18 bits per heavy atom. The van der Waals surface area contributed by atoms with Crippen molar-refractivity contribution >= 4 is 0 Å². The molecule has 0 aromatic rings. The van der Waals surface area contributed by atoms with Crippen molar-refractivity contribution < 1.29 is 14.9 Å². The normalized spacial score (nSPS) is 44.3. The zero-order valence-electron chi connectivity index (χ0n) is 6.40. The topological polar surface area (TPSA) is 61.7 Å². The van der Waals surface area contributed by atoms with E-state index >= 15 is 0 Å². The highest BCUT2D eigenvalue weighted by Crippen LogP contribution is 2.19. The zero-order chi connectivity index (χ0) is 8.43. The maximum Gasteiger partial charge on any atom is 0.173 e. The molecule has 0 aliphatic carbocycles. The number of hydrogen-bond donors (Lipinski definition) is 3. The zero-order valence-corrected chi connectivity index (χ0v) is 6.40. The van der Waals surface area contributed by atoms with Gasteiger partial charge >= 0.3 is 0 Å². The van der Waals surface area contributed by atoms with Crippen molar-refractivity contribution in [1.29, 1.82) is 0 Å². The third kappa shape index (κ3) is 1.44. The summed E-state index contributed by atoms with van der Waals surface area (Å²) in [7, 11) is 1.66. The molecule has 0 spiro atoms. The Bertz CT molecular complexity index is 151. The molecule has 4 unspecified atom stereocenters. The lowest BCUT2D eigenvalue weighted by molar-refractivity contribution is -0.0885. The largest absolute Gasteiger partial charge is 0.388 e. The minimum atomic E-state index is -0.946. The summed E-state index contributed by atoms with van der Waals surface area (Å²) in [6, 6.07) is -0.419. The predicted molar refractivity (Wildman–Crippen MR) is 39.9 cm³/mol. The van der Waals surface area contributed by atoms with Crippen LogP contribution in [-0.4, -0.2) is 41.8 Å². The van der Waals surface area contributed by atoms with Crippen molar-refractivity contribution in [2.75, 3.05) is 7.05 Å². The molecule has 1 aliphatic rings. The number of aliphatic hydroxyl groups excluding tert-OH is 2. The van der Waals surface area contributed by atoms with Crippen LogP contribution in [0.25, 0.3) is 0 Å². The molecule has 4 heteroatoms. The summed E-state index contributed by atoms with van der Waals surface area (Å²) in [5, 5.41) is 21.3. The molecule has 1 fully saturated rings. The molecule has 4 atom stereocenters. The van der Waals surface area contributed by atoms with E-state index in [1.807, 2.05) is 0 Å². The highest BCUT2D eigenvalue weighted by atomic mass is 16.6. The molecule has 0 saturated carbocycles. The van der Waals surface area contributed by atoms with Gasteiger partial charge in [-0.2, -0.15) is 0 Å². The van der Waals surface area contributed by atoms with Crippen LogP contribution >= 0.6 is 0 Å². The number of ether oxygens (including phenoxy) is 1. The quantitative estimate of drug-likeness (QED) is 0.445. The number of aliphatic hydroxyl groups is 2. The van der Waals surface area contributed by atoms with Gasteiger partial charge in [0.1, 0.15) is 12.2 Å². The Balaban J connectivity index is 2.62. The Hall–Kier alpha value is -0.420. The summed E-state index contributed by atoms with van der Waals surface area (Å²) < 4.78 is 4.95. The molecule has 0 amide bonds. The molecular weight excluding hydrogens is 146 g/mol. The fraction of sp³-hybridized carbons (Fsp3) is 0.714. The van der Waals surface area contributed by atoms with Crippen LogP contribution in [0.15, 0.2) is 12.7 Å². The van der Waals surface area contributed by atoms with Crippen LogP contribution in [0.3, 0.4) is 0 Å². The van der Waals surface area contributed by atoms with Gasteiger partial charge in [-0.1, -0.05) is 6.08 Å². The smallest absolute Gasteiger partial charge is 0.173 e. The summed E-state index contributed by atoms with van der Waals surface area (Å²) in [4.78, 5) is 0. The highest BCUT2D eigenvalue weighted by Gasteiger charge is 2.40. The van der Waals surface area contributed by atoms with Gasteiger partial charge < -0.3 is 20.3 Å². The van der Waals surface area contributed by atoms with E-state index in [1.165, 1.54) is 6.08 Å². The lowest BCUT2D eigenvalue weighted by atomic mass is 10.1. The fourth-order valence-electron chi connectivity index (χ4n) is 1.21. The molecule has 3 N–H and O–H groups in total. The first-order valence-electron chi connectivity index (χ1n) is 3.52. The van der Waals surface area contributed by atoms with Crippen molar-refractivity contribution in [3.63, 3.8) is 0 Å². The lowest BCUT2D eigenvalue weighted by Crippen LogP contribution is -2.42. The Morgan fingerprint density at radius 3 is 2.45 bits per heavy atom. The van der Waals surface area contributed by atoms with Gasteiger partial charge in [-0.05, 0) is 7.05 Å². The Labute approximate surface area is 65.5 Å². The first-order chi connectivity index (χ1) is 5.20. The van der Waals surface area contributed by atoms with Crippen LogP contribution in [0, 0.1) is 0 Å². The maximum absolute atomic E-state index is 9.40. The molecule has 0 aromatic heterocycles. The van der Waals surface area contributed by atoms with Crippen molar-refractivity contribution in [1.82, 2.24) is 5.32 Å². The van der Waals surface area contributed by atoms with Gasteiger partial charge in [0.25, 0.3) is 0 Å². The van der Waals surface area contributed by atoms with Gasteiger partial charge in [-0.3, -0.25) is 0 Å². The minimum Gasteiger partial charge on any atom is -0.388 e. The number of likely N-dealkylation sites (N-methyl/N-ethyl adjacent to an activating group) is 1. The first kappa shape index (κ1) is 8.67. The van der Waals surface area contributed by atoms with E-state index in [2.05, 4.69) is 11.9 Å². The molecule has 1 saturated heterocycles. The second-order valence-electron chi connectivity index (χ2n) is 2.53. The molecule has 0 bridgehead atoms.